The van der Waals surface area contributed by atoms with E-state index in [-0.39, 0.29) is 44.0 Å². The zero-order valence-corrected chi connectivity index (χ0v) is 73.5. The van der Waals surface area contributed by atoms with Crippen molar-refractivity contribution in [3.63, 3.8) is 0 Å². The Morgan fingerprint density at radius 2 is 0.592 bits per heavy atom. The number of anilines is 8. The Balaban J connectivity index is 0.000000125. The van der Waals surface area contributed by atoms with Crippen molar-refractivity contribution in [1.29, 1.82) is 21.0 Å². The molecule has 8 fully saturated rings. The van der Waals surface area contributed by atoms with Crippen LogP contribution in [0.2, 0.25) is 0 Å². The number of carboxylic acid groups (broad SMARTS) is 2. The van der Waals surface area contributed by atoms with Gasteiger partial charge in [-0.05, 0) is 146 Å². The summed E-state index contributed by atoms with van der Waals surface area (Å²) in [5.41, 5.74) is 23.5. The summed E-state index contributed by atoms with van der Waals surface area (Å²) < 4.78 is 48.4. The molecule has 12 aromatic rings. The second-order valence-corrected chi connectivity index (χ2v) is 35.0. The van der Waals surface area contributed by atoms with Crippen LogP contribution in [0.5, 0.6) is 0 Å². The number of fused-ring (bicyclic) bond motifs is 4. The van der Waals surface area contributed by atoms with Crippen LogP contribution in [0, 0.1) is 69.0 Å². The average molecular weight is 1830 g/mol. The quantitative estimate of drug-likeness (QED) is 0.0264. The first-order valence-corrected chi connectivity index (χ1v) is 45.7. The molecule has 4 saturated carbocycles. The van der Waals surface area contributed by atoms with Crippen LogP contribution in [0.15, 0.2) is 226 Å². The second-order valence-electron chi connectivity index (χ2n) is 31.5. The summed E-state index contributed by atoms with van der Waals surface area (Å²) in [7, 11) is 0. The summed E-state index contributed by atoms with van der Waals surface area (Å²) in [4.78, 5) is 104. The number of nitrogens with two attached hydrogens (primary N) is 2. The van der Waals surface area contributed by atoms with Crippen LogP contribution in [0.1, 0.15) is 51.4 Å². The molecule has 0 spiro atoms. The number of morpholine rings is 4. The summed E-state index contributed by atoms with van der Waals surface area (Å²) in [6.45, 7) is 10.6. The third-order valence-corrected chi connectivity index (χ3v) is 25.7. The summed E-state index contributed by atoms with van der Waals surface area (Å²) in [5, 5.41) is 65.2. The summed E-state index contributed by atoms with van der Waals surface area (Å²) >= 11 is 5.50. The fourth-order valence-electron chi connectivity index (χ4n) is 14.2. The summed E-state index contributed by atoms with van der Waals surface area (Å²) in [5.74, 6) is 0.618. The number of hydrogen-bond donors (Lipinski definition) is 6. The Morgan fingerprint density at radius 1 is 0.354 bits per heavy atom. The molecule has 0 atom stereocenters. The molecule has 0 radical (unpaired) electrons. The first kappa shape index (κ1) is 90.7. The van der Waals surface area contributed by atoms with Gasteiger partial charge in [0.2, 0.25) is 21.7 Å². The van der Waals surface area contributed by atoms with Crippen molar-refractivity contribution in [2.45, 2.75) is 51.4 Å². The zero-order chi connectivity index (χ0) is 90.9. The molecule has 0 bridgehead atoms. The van der Waals surface area contributed by atoms with E-state index in [1.165, 1.54) is 57.5 Å². The van der Waals surface area contributed by atoms with Crippen LogP contribution in [0.4, 0.5) is 46.3 Å². The summed E-state index contributed by atoms with van der Waals surface area (Å²) in [6.07, 6.45) is 14.8. The molecule has 30 nitrogen and oxygen atoms in total. The highest BCUT2D eigenvalue weighted by Gasteiger charge is 2.29. The molecule has 8 N–H and O–H groups in total. The van der Waals surface area contributed by atoms with Crippen molar-refractivity contribution in [2.75, 3.05) is 147 Å². The van der Waals surface area contributed by atoms with Gasteiger partial charge in [0.05, 0.1) is 52.9 Å². The first-order chi connectivity index (χ1) is 63.2. The highest BCUT2D eigenvalue weighted by molar-refractivity contribution is 7.18. The minimum absolute atomic E-state index is 0.00658. The highest BCUT2D eigenvalue weighted by atomic mass is 32.1. The lowest BCUT2D eigenvalue weighted by molar-refractivity contribution is -0.133. The predicted molar refractivity (Wildman–Crippen MR) is 502 cm³/mol. The number of amides is 2. The molecule has 130 heavy (non-hydrogen) atoms. The molecular formula is C96H88N12O18S4. The molecule has 20 rings (SSSR count). The van der Waals surface area contributed by atoms with E-state index in [1.54, 1.807) is 60.7 Å². The van der Waals surface area contributed by atoms with Crippen molar-refractivity contribution in [1.82, 2.24) is 0 Å². The van der Waals surface area contributed by atoms with E-state index in [0.29, 0.717) is 190 Å². The minimum Gasteiger partial charge on any atom is -0.477 e. The van der Waals surface area contributed by atoms with E-state index in [9.17, 15) is 48.9 Å². The first-order valence-electron chi connectivity index (χ1n) is 42.2. The van der Waals surface area contributed by atoms with Crippen molar-refractivity contribution >= 4 is 157 Å². The maximum atomic E-state index is 12.7. The highest BCUT2D eigenvalue weighted by Crippen LogP contribution is 2.42. The van der Waals surface area contributed by atoms with Gasteiger partial charge in [-0.15, -0.1) is 45.3 Å². The SMILES string of the molecule is N#C/C(=C\C1CC1)C(=O)Nc1cccc(-c2csc3c(=O)cc(N4CCOCC4)oc23)c1.N#C/C(=C\C1CC1)C(=O)Nc1cccc(-c2csc3c(=O)cc(N4CCOCC4)oc23)c1.N#C/C(=C\C1CC1)C(=O)O.N#C/C(=C\C1CC1)C(=O)O.Nc1cccc(-c2csc3c(=O)cc(N4CCOCC4)oc23)c1.Nc1cccc(-c2csc3c(=O)cc(N4CCOCC4)oc23)c1. The van der Waals surface area contributed by atoms with Gasteiger partial charge in [-0.25, -0.2) is 9.59 Å². The number of aliphatic carboxylic acids is 2. The van der Waals surface area contributed by atoms with Gasteiger partial charge >= 0.3 is 11.9 Å². The normalized spacial score (nSPS) is 16.4. The molecule has 34 heteroatoms. The fraction of sp³-hybridized carbons (Fsp3) is 0.292. The number of allylic oxidation sites excluding steroid dienone is 4. The van der Waals surface area contributed by atoms with Gasteiger partial charge in [0, 0.05) is 143 Å². The van der Waals surface area contributed by atoms with Gasteiger partial charge in [-0.3, -0.25) is 28.8 Å². The summed E-state index contributed by atoms with van der Waals surface area (Å²) in [6, 6.07) is 43.4. The number of carboxylic acids is 2. The van der Waals surface area contributed by atoms with Crippen molar-refractivity contribution in [3.8, 4) is 68.8 Å². The number of nitrogen functional groups attached to an aromatic ring is 2. The van der Waals surface area contributed by atoms with Gasteiger partial charge in [-0.1, -0.05) is 72.8 Å². The van der Waals surface area contributed by atoms with E-state index in [0.717, 1.165) is 122 Å². The monoisotopic (exact) mass is 1820 g/mol. The fourth-order valence-corrected chi connectivity index (χ4v) is 17.9. The van der Waals surface area contributed by atoms with Crippen LogP contribution in [0.3, 0.4) is 0 Å². The van der Waals surface area contributed by atoms with Gasteiger partial charge in [0.1, 0.15) is 65.4 Å². The van der Waals surface area contributed by atoms with Crippen LogP contribution in [0.25, 0.3) is 85.6 Å². The van der Waals surface area contributed by atoms with Crippen molar-refractivity contribution < 1.29 is 66.0 Å². The number of carbonyl (C=O) groups is 4. The average Bonchev–Trinajstić information content (AvgIpc) is 1.63. The van der Waals surface area contributed by atoms with Crippen LogP contribution < -0.4 is 63.4 Å². The lowest BCUT2D eigenvalue weighted by Gasteiger charge is -2.27. The van der Waals surface area contributed by atoms with Crippen molar-refractivity contribution in [3.05, 3.63) is 230 Å². The predicted octanol–water partition coefficient (Wildman–Crippen LogP) is 16.1. The smallest absolute Gasteiger partial charge is 0.346 e. The van der Waals surface area contributed by atoms with Gasteiger partial charge < -0.3 is 88.5 Å². The zero-order valence-electron chi connectivity index (χ0n) is 70.2. The molecule has 664 valence electrons. The number of hydrogen-bond acceptors (Lipinski definition) is 30. The molecule has 8 aromatic heterocycles. The second kappa shape index (κ2) is 42.3. The Morgan fingerprint density at radius 3 is 0.823 bits per heavy atom. The number of nitrogens with zero attached hydrogens (tertiary/aromatic N) is 8. The van der Waals surface area contributed by atoms with E-state index in [1.807, 2.05) is 138 Å². The third-order valence-electron chi connectivity index (χ3n) is 21.8. The van der Waals surface area contributed by atoms with E-state index < -0.39 is 23.8 Å². The van der Waals surface area contributed by atoms with Crippen molar-refractivity contribution in [2.24, 2.45) is 23.7 Å². The molecule has 0 unspecified atom stereocenters. The number of thiophene rings is 4. The van der Waals surface area contributed by atoms with Gasteiger partial charge in [0.25, 0.3) is 11.8 Å². The van der Waals surface area contributed by atoms with Crippen LogP contribution in [-0.4, -0.2) is 139 Å². The molecule has 4 aliphatic carbocycles. The molecular weight excluding hydrogens is 1740 g/mol. The lowest BCUT2D eigenvalue weighted by atomic mass is 10.1. The molecule has 4 aromatic carbocycles. The van der Waals surface area contributed by atoms with E-state index >= 15 is 0 Å². The van der Waals surface area contributed by atoms with Gasteiger partial charge in [-0.2, -0.15) is 21.0 Å². The number of nitriles is 4. The minimum atomic E-state index is -1.12. The molecule has 8 aliphatic rings. The Labute approximate surface area is 759 Å². The number of ether oxygens (including phenoxy) is 4. The van der Waals surface area contributed by atoms with Crippen LogP contribution >= 0.6 is 45.3 Å². The molecule has 2 amide bonds. The molecule has 12 heterocycles. The van der Waals surface area contributed by atoms with Gasteiger partial charge in [0.15, 0.2) is 45.9 Å². The maximum absolute atomic E-state index is 12.7. The largest absolute Gasteiger partial charge is 0.477 e. The topological polar surface area (TPSA) is 451 Å². The number of rotatable bonds is 18. The van der Waals surface area contributed by atoms with Crippen LogP contribution in [-0.2, 0) is 38.1 Å². The van der Waals surface area contributed by atoms with E-state index in [2.05, 4.69) is 10.6 Å². The number of nitrogens with one attached hydrogen (secondary N) is 2. The Kier molecular flexibility index (Phi) is 29.5. The maximum Gasteiger partial charge on any atom is 0.346 e. The third kappa shape index (κ3) is 23.3. The Bertz CT molecular complexity index is 6420. The molecule has 4 saturated heterocycles. The van der Waals surface area contributed by atoms with E-state index in [4.69, 9.17) is 68.8 Å². The molecule has 4 aliphatic heterocycles. The Hall–Kier alpha value is -14.0. The lowest BCUT2D eigenvalue weighted by Crippen LogP contribution is -2.36. The standard InChI is InChI=1S/2C24H21N3O4S.2C17H16N2O3S.2C7H7NO2/c2*25-13-17(10-15-4-5-15)24(29)26-18-3-1-2-16(11-18)19-14-32-23-20(28)12-21(31-22(19)23)27-6-8-30-9-7-27;2*18-12-3-1-2-11(8-12)13-10-23-17-14(20)9-15(22-16(13)17)19-4-6-21-7-5-19;2*8-4-6(7(9)10)3-5-1-2-5/h2*1-3,10-12,14-15H,4-9H2,(H,26,29);2*1-3,8-10H,4-7,18H2;2*3,5H,1-2H2,(H,9,10)/b2*17-10+;;;2*6-3+. The number of benzene rings is 4. The number of carbonyl (C=O) groups excluding carboxylic acids is 2.